The summed E-state index contributed by atoms with van der Waals surface area (Å²) in [7, 11) is 0. The molecule has 98 valence electrons. The number of hydrogen-bond donors (Lipinski definition) is 1. The topological polar surface area (TPSA) is 83.4 Å². The van der Waals surface area contributed by atoms with Gasteiger partial charge in [0.25, 0.3) is 0 Å². The van der Waals surface area contributed by atoms with Gasteiger partial charge in [-0.1, -0.05) is 17.7 Å². The fourth-order valence-electron chi connectivity index (χ4n) is 1.76. The largest absolute Gasteiger partial charge is 0.345 e. The second-order valence-corrected chi connectivity index (χ2v) is 4.31. The SMILES string of the molecule is Cc1ccc(N=Nc2ccnc3cnc(=O)[nH]c23)cc1. The highest BCUT2D eigenvalue weighted by atomic mass is 16.1. The summed E-state index contributed by atoms with van der Waals surface area (Å²) >= 11 is 0. The first kappa shape index (κ1) is 12.2. The van der Waals surface area contributed by atoms with E-state index in [1.807, 2.05) is 31.2 Å². The van der Waals surface area contributed by atoms with Gasteiger partial charge in [0, 0.05) is 6.20 Å². The molecular formula is C14H11N5O. The second kappa shape index (κ2) is 5.00. The highest BCUT2D eigenvalue weighted by Gasteiger charge is 2.02. The number of aryl methyl sites for hydroxylation is 1. The van der Waals surface area contributed by atoms with Crippen molar-refractivity contribution < 1.29 is 0 Å². The van der Waals surface area contributed by atoms with E-state index in [1.165, 1.54) is 6.20 Å². The Morgan fingerprint density at radius 1 is 1.05 bits per heavy atom. The molecule has 6 nitrogen and oxygen atoms in total. The van der Waals surface area contributed by atoms with Gasteiger partial charge in [-0.25, -0.2) is 4.79 Å². The van der Waals surface area contributed by atoms with Crippen LogP contribution in [0.15, 0.2) is 57.7 Å². The van der Waals surface area contributed by atoms with Crippen LogP contribution in [0.5, 0.6) is 0 Å². The fraction of sp³-hybridized carbons (Fsp3) is 0.0714. The first-order valence-corrected chi connectivity index (χ1v) is 6.05. The standard InChI is InChI=1S/C14H11N5O/c1-9-2-4-10(5-3-9)18-19-11-6-7-15-12-8-16-14(20)17-13(11)12/h2-8H,1H3,(H,16,17,20). The van der Waals surface area contributed by atoms with Gasteiger partial charge >= 0.3 is 5.69 Å². The summed E-state index contributed by atoms with van der Waals surface area (Å²) in [4.78, 5) is 21.6. The maximum Gasteiger partial charge on any atom is 0.345 e. The summed E-state index contributed by atoms with van der Waals surface area (Å²) in [6.07, 6.45) is 3.02. The Kier molecular flexibility index (Phi) is 3.04. The van der Waals surface area contributed by atoms with Crippen molar-refractivity contribution in [3.63, 3.8) is 0 Å². The van der Waals surface area contributed by atoms with E-state index in [4.69, 9.17) is 0 Å². The van der Waals surface area contributed by atoms with Crippen molar-refractivity contribution in [3.05, 3.63) is 58.8 Å². The first-order valence-electron chi connectivity index (χ1n) is 6.05. The summed E-state index contributed by atoms with van der Waals surface area (Å²) in [5.41, 5.74) is 3.13. The Bertz CT molecular complexity index is 836. The van der Waals surface area contributed by atoms with Crippen LogP contribution in [-0.2, 0) is 0 Å². The van der Waals surface area contributed by atoms with Gasteiger partial charge in [-0.2, -0.15) is 10.1 Å². The number of rotatable bonds is 2. The van der Waals surface area contributed by atoms with Crippen molar-refractivity contribution in [1.82, 2.24) is 15.0 Å². The zero-order valence-corrected chi connectivity index (χ0v) is 10.7. The summed E-state index contributed by atoms with van der Waals surface area (Å²) < 4.78 is 0. The lowest BCUT2D eigenvalue weighted by atomic mass is 10.2. The van der Waals surface area contributed by atoms with E-state index >= 15 is 0 Å². The lowest BCUT2D eigenvalue weighted by Gasteiger charge is -1.99. The predicted molar refractivity (Wildman–Crippen MR) is 75.5 cm³/mol. The van der Waals surface area contributed by atoms with Crippen LogP contribution in [0, 0.1) is 6.92 Å². The van der Waals surface area contributed by atoms with Crippen LogP contribution in [-0.4, -0.2) is 15.0 Å². The van der Waals surface area contributed by atoms with Gasteiger partial charge in [-0.15, -0.1) is 5.11 Å². The van der Waals surface area contributed by atoms with Crippen LogP contribution in [0.4, 0.5) is 11.4 Å². The minimum Gasteiger partial charge on any atom is -0.302 e. The van der Waals surface area contributed by atoms with Crippen molar-refractivity contribution in [2.75, 3.05) is 0 Å². The van der Waals surface area contributed by atoms with Crippen LogP contribution in [0.2, 0.25) is 0 Å². The van der Waals surface area contributed by atoms with E-state index in [0.29, 0.717) is 16.7 Å². The van der Waals surface area contributed by atoms with Crippen LogP contribution in [0.1, 0.15) is 5.56 Å². The highest BCUT2D eigenvalue weighted by molar-refractivity contribution is 5.84. The molecule has 0 saturated carbocycles. The van der Waals surface area contributed by atoms with Crippen LogP contribution < -0.4 is 5.69 Å². The van der Waals surface area contributed by atoms with Crippen molar-refractivity contribution in [2.24, 2.45) is 10.2 Å². The van der Waals surface area contributed by atoms with Crippen LogP contribution >= 0.6 is 0 Å². The molecule has 2 aromatic heterocycles. The molecule has 0 radical (unpaired) electrons. The quantitative estimate of drug-likeness (QED) is 0.723. The summed E-state index contributed by atoms with van der Waals surface area (Å²) in [6, 6.07) is 9.38. The number of aromatic nitrogens is 3. The number of fused-ring (bicyclic) bond motifs is 1. The molecule has 0 aliphatic heterocycles. The van der Waals surface area contributed by atoms with Crippen LogP contribution in [0.3, 0.4) is 0 Å². The number of azo groups is 1. The van der Waals surface area contributed by atoms with Gasteiger partial charge in [0.1, 0.15) is 11.2 Å². The lowest BCUT2D eigenvalue weighted by molar-refractivity contribution is 1.10. The normalized spacial score (nSPS) is 11.2. The van der Waals surface area contributed by atoms with Crippen molar-refractivity contribution in [1.29, 1.82) is 0 Å². The Labute approximate surface area is 114 Å². The smallest absolute Gasteiger partial charge is 0.302 e. The van der Waals surface area contributed by atoms with Gasteiger partial charge in [0.15, 0.2) is 0 Å². The molecule has 3 aromatic rings. The lowest BCUT2D eigenvalue weighted by Crippen LogP contribution is -2.08. The number of aromatic amines is 1. The summed E-state index contributed by atoms with van der Waals surface area (Å²) in [5.74, 6) is 0. The molecule has 1 N–H and O–H groups in total. The Hall–Kier alpha value is -2.89. The molecule has 3 rings (SSSR count). The second-order valence-electron chi connectivity index (χ2n) is 4.31. The minimum absolute atomic E-state index is 0.433. The van der Waals surface area contributed by atoms with E-state index in [9.17, 15) is 4.79 Å². The molecule has 2 heterocycles. The molecule has 0 atom stereocenters. The molecule has 0 bridgehead atoms. The summed E-state index contributed by atoms with van der Waals surface area (Å²) in [5, 5.41) is 8.31. The van der Waals surface area contributed by atoms with Gasteiger partial charge in [0.2, 0.25) is 0 Å². The summed E-state index contributed by atoms with van der Waals surface area (Å²) in [6.45, 7) is 2.01. The molecule has 0 amide bonds. The van der Waals surface area contributed by atoms with Gasteiger partial charge in [-0.3, -0.25) is 4.98 Å². The molecule has 0 aliphatic carbocycles. The van der Waals surface area contributed by atoms with E-state index < -0.39 is 5.69 Å². The average molecular weight is 265 g/mol. The monoisotopic (exact) mass is 265 g/mol. The first-order chi connectivity index (χ1) is 9.72. The van der Waals surface area contributed by atoms with E-state index in [0.717, 1.165) is 11.3 Å². The molecule has 1 aromatic carbocycles. The molecule has 0 aliphatic rings. The fourth-order valence-corrected chi connectivity index (χ4v) is 1.76. The molecule has 6 heteroatoms. The highest BCUT2D eigenvalue weighted by Crippen LogP contribution is 2.23. The maximum absolute atomic E-state index is 11.3. The van der Waals surface area contributed by atoms with Gasteiger partial charge in [0.05, 0.1) is 17.4 Å². The van der Waals surface area contributed by atoms with Crippen LogP contribution in [0.25, 0.3) is 11.0 Å². The van der Waals surface area contributed by atoms with Crippen molar-refractivity contribution in [2.45, 2.75) is 6.92 Å². The molecule has 0 spiro atoms. The van der Waals surface area contributed by atoms with E-state index in [-0.39, 0.29) is 0 Å². The number of hydrogen-bond acceptors (Lipinski definition) is 5. The van der Waals surface area contributed by atoms with Crippen molar-refractivity contribution >= 4 is 22.4 Å². The number of nitrogens with one attached hydrogen (secondary N) is 1. The molecular weight excluding hydrogens is 254 g/mol. The van der Waals surface area contributed by atoms with Gasteiger partial charge < -0.3 is 4.98 Å². The molecule has 0 unspecified atom stereocenters. The molecule has 20 heavy (non-hydrogen) atoms. The third-order valence-electron chi connectivity index (χ3n) is 2.80. The van der Waals surface area contributed by atoms with Gasteiger partial charge in [-0.05, 0) is 25.1 Å². The average Bonchev–Trinajstić information content (AvgIpc) is 2.47. The zero-order valence-electron chi connectivity index (χ0n) is 10.7. The zero-order chi connectivity index (χ0) is 13.9. The minimum atomic E-state index is -0.433. The maximum atomic E-state index is 11.3. The van der Waals surface area contributed by atoms with E-state index in [1.54, 1.807) is 12.3 Å². The number of nitrogens with zero attached hydrogens (tertiary/aromatic N) is 4. The number of H-pyrrole nitrogens is 1. The van der Waals surface area contributed by atoms with Crippen molar-refractivity contribution in [3.8, 4) is 0 Å². The van der Waals surface area contributed by atoms with E-state index in [2.05, 4.69) is 25.2 Å². The predicted octanol–water partition coefficient (Wildman–Crippen LogP) is 3.04. The number of benzene rings is 1. The Morgan fingerprint density at radius 2 is 1.85 bits per heavy atom. The molecule has 0 saturated heterocycles. The third-order valence-corrected chi connectivity index (χ3v) is 2.80. The number of pyridine rings is 1. The third kappa shape index (κ3) is 2.44. The molecule has 0 fully saturated rings. The Morgan fingerprint density at radius 3 is 2.65 bits per heavy atom. The Balaban J connectivity index is 2.04.